The lowest BCUT2D eigenvalue weighted by molar-refractivity contribution is 0.0996. The Kier molecular flexibility index (Phi) is 6.55. The van der Waals surface area contributed by atoms with Gasteiger partial charge in [0.1, 0.15) is 0 Å². The molecule has 0 aromatic heterocycles. The van der Waals surface area contributed by atoms with Crippen molar-refractivity contribution in [2.75, 3.05) is 13.2 Å². The summed E-state index contributed by atoms with van der Waals surface area (Å²) in [5.41, 5.74) is 2.87. The SMILES string of the molecule is CCCNC(CCC1CCCO1)c1cccc(CC)c1. The summed E-state index contributed by atoms with van der Waals surface area (Å²) in [5.74, 6) is 0. The van der Waals surface area contributed by atoms with E-state index in [1.165, 1.54) is 43.2 Å². The molecular formula is C18H29NO. The smallest absolute Gasteiger partial charge is 0.0576 e. The largest absolute Gasteiger partial charge is 0.378 e. The number of ether oxygens (including phenoxy) is 1. The number of benzene rings is 1. The Bertz CT molecular complexity index is 385. The van der Waals surface area contributed by atoms with Crippen LogP contribution < -0.4 is 5.32 Å². The van der Waals surface area contributed by atoms with Gasteiger partial charge in [-0.3, -0.25) is 0 Å². The van der Waals surface area contributed by atoms with Crippen LogP contribution in [0.15, 0.2) is 24.3 Å². The average molecular weight is 275 g/mol. The van der Waals surface area contributed by atoms with E-state index in [-0.39, 0.29) is 0 Å². The van der Waals surface area contributed by atoms with E-state index in [1.807, 2.05) is 0 Å². The van der Waals surface area contributed by atoms with Gasteiger partial charge in [-0.25, -0.2) is 0 Å². The van der Waals surface area contributed by atoms with Gasteiger partial charge in [0.25, 0.3) is 0 Å². The van der Waals surface area contributed by atoms with E-state index < -0.39 is 0 Å². The minimum absolute atomic E-state index is 0.477. The van der Waals surface area contributed by atoms with Crippen molar-refractivity contribution in [3.8, 4) is 0 Å². The van der Waals surface area contributed by atoms with E-state index in [0.29, 0.717) is 12.1 Å². The third-order valence-corrected chi connectivity index (χ3v) is 4.20. The molecule has 2 unspecified atom stereocenters. The second kappa shape index (κ2) is 8.43. The zero-order valence-electron chi connectivity index (χ0n) is 13.0. The summed E-state index contributed by atoms with van der Waals surface area (Å²) in [5, 5.41) is 3.71. The highest BCUT2D eigenvalue weighted by Crippen LogP contribution is 2.24. The van der Waals surface area contributed by atoms with E-state index in [0.717, 1.165) is 19.6 Å². The van der Waals surface area contributed by atoms with Crippen LogP contribution in [0.25, 0.3) is 0 Å². The Hall–Kier alpha value is -0.860. The minimum Gasteiger partial charge on any atom is -0.378 e. The van der Waals surface area contributed by atoms with Gasteiger partial charge in [0.2, 0.25) is 0 Å². The molecule has 0 amide bonds. The highest BCUT2D eigenvalue weighted by molar-refractivity contribution is 5.26. The quantitative estimate of drug-likeness (QED) is 0.766. The zero-order valence-corrected chi connectivity index (χ0v) is 13.0. The maximum atomic E-state index is 5.76. The van der Waals surface area contributed by atoms with Crippen molar-refractivity contribution < 1.29 is 4.74 Å². The second-order valence-corrected chi connectivity index (χ2v) is 5.82. The normalized spacial score (nSPS) is 20.2. The maximum Gasteiger partial charge on any atom is 0.0576 e. The lowest BCUT2D eigenvalue weighted by Crippen LogP contribution is -2.23. The van der Waals surface area contributed by atoms with Crippen LogP contribution in [0.2, 0.25) is 0 Å². The molecular weight excluding hydrogens is 246 g/mol. The molecule has 1 aromatic carbocycles. The van der Waals surface area contributed by atoms with Crippen molar-refractivity contribution >= 4 is 0 Å². The van der Waals surface area contributed by atoms with Crippen molar-refractivity contribution in [1.82, 2.24) is 5.32 Å². The summed E-state index contributed by atoms with van der Waals surface area (Å²) in [4.78, 5) is 0. The number of aryl methyl sites for hydroxylation is 1. The standard InChI is InChI=1S/C18H29NO/c1-3-12-19-18(11-10-17-9-6-13-20-17)16-8-5-7-15(4-2)14-16/h5,7-8,14,17-19H,3-4,6,9-13H2,1-2H3. The van der Waals surface area contributed by atoms with Crippen LogP contribution in [0.1, 0.15) is 63.1 Å². The Labute approximate surface area is 123 Å². The van der Waals surface area contributed by atoms with E-state index in [1.54, 1.807) is 0 Å². The van der Waals surface area contributed by atoms with Gasteiger partial charge >= 0.3 is 0 Å². The van der Waals surface area contributed by atoms with Gasteiger partial charge < -0.3 is 10.1 Å². The summed E-state index contributed by atoms with van der Waals surface area (Å²) in [6.45, 7) is 6.50. The van der Waals surface area contributed by atoms with Crippen LogP contribution in [0, 0.1) is 0 Å². The number of hydrogen-bond donors (Lipinski definition) is 1. The van der Waals surface area contributed by atoms with Gasteiger partial charge in [0.05, 0.1) is 6.10 Å². The fraction of sp³-hybridized carbons (Fsp3) is 0.667. The molecule has 0 bridgehead atoms. The van der Waals surface area contributed by atoms with Crippen molar-refractivity contribution in [3.05, 3.63) is 35.4 Å². The molecule has 112 valence electrons. The number of rotatable bonds is 8. The zero-order chi connectivity index (χ0) is 14.2. The van der Waals surface area contributed by atoms with Crippen LogP contribution in [0.5, 0.6) is 0 Å². The topological polar surface area (TPSA) is 21.3 Å². The molecule has 2 heteroatoms. The fourth-order valence-corrected chi connectivity index (χ4v) is 2.96. The summed E-state index contributed by atoms with van der Waals surface area (Å²) in [6, 6.07) is 9.53. The minimum atomic E-state index is 0.477. The summed E-state index contributed by atoms with van der Waals surface area (Å²) >= 11 is 0. The van der Waals surface area contributed by atoms with Crippen LogP contribution >= 0.6 is 0 Å². The second-order valence-electron chi connectivity index (χ2n) is 5.82. The summed E-state index contributed by atoms with van der Waals surface area (Å²) < 4.78 is 5.76. The monoisotopic (exact) mass is 275 g/mol. The molecule has 0 aliphatic carbocycles. The summed E-state index contributed by atoms with van der Waals surface area (Å²) in [6.07, 6.45) is 7.63. The van der Waals surface area contributed by atoms with Crippen LogP contribution in [0.4, 0.5) is 0 Å². The van der Waals surface area contributed by atoms with Crippen molar-refractivity contribution in [1.29, 1.82) is 0 Å². The van der Waals surface area contributed by atoms with E-state index >= 15 is 0 Å². The molecule has 20 heavy (non-hydrogen) atoms. The molecule has 1 fully saturated rings. The molecule has 2 nitrogen and oxygen atoms in total. The van der Waals surface area contributed by atoms with Gasteiger partial charge in [-0.15, -0.1) is 0 Å². The Morgan fingerprint density at radius 3 is 2.95 bits per heavy atom. The Morgan fingerprint density at radius 1 is 1.35 bits per heavy atom. The van der Waals surface area contributed by atoms with Gasteiger partial charge in [-0.1, -0.05) is 38.1 Å². The highest BCUT2D eigenvalue weighted by Gasteiger charge is 2.18. The predicted molar refractivity (Wildman–Crippen MR) is 85.1 cm³/mol. The van der Waals surface area contributed by atoms with Gasteiger partial charge in [-0.2, -0.15) is 0 Å². The fourth-order valence-electron chi connectivity index (χ4n) is 2.96. The van der Waals surface area contributed by atoms with Gasteiger partial charge in [0.15, 0.2) is 0 Å². The molecule has 1 aromatic rings. The first-order chi connectivity index (χ1) is 9.83. The Morgan fingerprint density at radius 2 is 2.25 bits per heavy atom. The third-order valence-electron chi connectivity index (χ3n) is 4.20. The average Bonchev–Trinajstić information content (AvgIpc) is 3.01. The first kappa shape index (κ1) is 15.5. The van der Waals surface area contributed by atoms with Gasteiger partial charge in [0, 0.05) is 12.6 Å². The van der Waals surface area contributed by atoms with Crippen LogP contribution in [-0.4, -0.2) is 19.3 Å². The third kappa shape index (κ3) is 4.60. The van der Waals surface area contributed by atoms with Crippen molar-refractivity contribution in [2.45, 2.75) is 64.5 Å². The molecule has 0 saturated carbocycles. The first-order valence-electron chi connectivity index (χ1n) is 8.27. The van der Waals surface area contributed by atoms with Crippen LogP contribution in [-0.2, 0) is 11.2 Å². The molecule has 1 aliphatic rings. The Balaban J connectivity index is 1.97. The first-order valence-corrected chi connectivity index (χ1v) is 8.27. The lowest BCUT2D eigenvalue weighted by atomic mass is 9.97. The molecule has 1 saturated heterocycles. The van der Waals surface area contributed by atoms with E-state index in [9.17, 15) is 0 Å². The molecule has 0 spiro atoms. The molecule has 1 aliphatic heterocycles. The highest BCUT2D eigenvalue weighted by atomic mass is 16.5. The van der Waals surface area contributed by atoms with Crippen molar-refractivity contribution in [2.24, 2.45) is 0 Å². The van der Waals surface area contributed by atoms with E-state index in [4.69, 9.17) is 4.74 Å². The molecule has 1 N–H and O–H groups in total. The predicted octanol–water partition coefficient (Wildman–Crippen LogP) is 4.25. The maximum absolute atomic E-state index is 5.76. The lowest BCUT2D eigenvalue weighted by Gasteiger charge is -2.21. The molecule has 2 rings (SSSR count). The summed E-state index contributed by atoms with van der Waals surface area (Å²) in [7, 11) is 0. The molecule has 0 radical (unpaired) electrons. The van der Waals surface area contributed by atoms with Crippen molar-refractivity contribution in [3.63, 3.8) is 0 Å². The molecule has 1 heterocycles. The number of nitrogens with one attached hydrogen (secondary N) is 1. The number of hydrogen-bond acceptors (Lipinski definition) is 2. The van der Waals surface area contributed by atoms with Crippen LogP contribution in [0.3, 0.4) is 0 Å². The molecule has 2 atom stereocenters. The van der Waals surface area contributed by atoms with Gasteiger partial charge in [-0.05, 0) is 56.2 Å². The van der Waals surface area contributed by atoms with E-state index in [2.05, 4.69) is 43.4 Å².